The van der Waals surface area contributed by atoms with Crippen molar-refractivity contribution in [2.45, 2.75) is 25.3 Å². The van der Waals surface area contributed by atoms with Crippen LogP contribution in [0.2, 0.25) is 0 Å². The average Bonchev–Trinajstić information content (AvgIpc) is 3.45. The van der Waals surface area contributed by atoms with Crippen LogP contribution in [0.1, 0.15) is 27.2 Å². The fourth-order valence-electron chi connectivity index (χ4n) is 3.28. The van der Waals surface area contributed by atoms with Gasteiger partial charge in [0.05, 0.1) is 27.9 Å². The first kappa shape index (κ1) is 22.2. The Morgan fingerprint density at radius 2 is 1.72 bits per heavy atom. The second kappa shape index (κ2) is 8.50. The molecule has 0 fully saturated rings. The molecule has 2 aromatic carbocycles. The van der Waals surface area contributed by atoms with Gasteiger partial charge in [0.2, 0.25) is 10.0 Å². The standard InChI is InChI=1S/C23H23N3O4S2/c1-15-7-8-16(2)21-20(15)24-23(31-21)26(14-18-6-5-13-30-18)22(27)17-9-11-19(12-10-17)32(28,29)25(3)4/h5-13H,14H2,1-4H3. The van der Waals surface area contributed by atoms with Crippen molar-refractivity contribution in [1.29, 1.82) is 0 Å². The highest BCUT2D eigenvalue weighted by molar-refractivity contribution is 7.89. The Morgan fingerprint density at radius 3 is 2.31 bits per heavy atom. The molecule has 0 aliphatic heterocycles. The molecular weight excluding hydrogens is 446 g/mol. The molecule has 2 aromatic heterocycles. The van der Waals surface area contributed by atoms with Gasteiger partial charge in [-0.1, -0.05) is 23.5 Å². The third kappa shape index (κ3) is 4.06. The molecule has 32 heavy (non-hydrogen) atoms. The van der Waals surface area contributed by atoms with Crippen molar-refractivity contribution in [3.05, 3.63) is 77.2 Å². The molecule has 0 aliphatic carbocycles. The summed E-state index contributed by atoms with van der Waals surface area (Å²) in [6.07, 6.45) is 1.56. The minimum absolute atomic E-state index is 0.128. The van der Waals surface area contributed by atoms with Crippen molar-refractivity contribution < 1.29 is 17.6 Å². The van der Waals surface area contributed by atoms with Crippen molar-refractivity contribution >= 4 is 42.6 Å². The Bertz CT molecular complexity index is 1330. The summed E-state index contributed by atoms with van der Waals surface area (Å²) in [6.45, 7) is 4.22. The number of rotatable bonds is 6. The lowest BCUT2D eigenvalue weighted by atomic mass is 10.1. The number of benzene rings is 2. The number of hydrogen-bond donors (Lipinski definition) is 0. The van der Waals surface area contributed by atoms with Crippen LogP contribution in [0.4, 0.5) is 5.13 Å². The first-order chi connectivity index (χ1) is 15.2. The lowest BCUT2D eigenvalue weighted by Crippen LogP contribution is -2.30. The number of furan rings is 1. The normalized spacial score (nSPS) is 11.9. The zero-order chi connectivity index (χ0) is 23.0. The Balaban J connectivity index is 1.75. The molecule has 0 saturated carbocycles. The Hall–Kier alpha value is -3.01. The van der Waals surface area contributed by atoms with Crippen molar-refractivity contribution in [2.75, 3.05) is 19.0 Å². The van der Waals surface area contributed by atoms with E-state index < -0.39 is 10.0 Å². The number of hydrogen-bond acceptors (Lipinski definition) is 6. The number of aryl methyl sites for hydroxylation is 2. The predicted molar refractivity (Wildman–Crippen MR) is 126 cm³/mol. The van der Waals surface area contributed by atoms with Crippen LogP contribution >= 0.6 is 11.3 Å². The SMILES string of the molecule is Cc1ccc(C)c2sc(N(Cc3ccco3)C(=O)c3ccc(S(=O)(=O)N(C)C)cc3)nc12. The van der Waals surface area contributed by atoms with Crippen LogP contribution in [0, 0.1) is 13.8 Å². The Labute approximate surface area is 191 Å². The molecule has 166 valence electrons. The molecule has 0 bridgehead atoms. The van der Waals surface area contributed by atoms with Gasteiger partial charge in [0.1, 0.15) is 5.76 Å². The van der Waals surface area contributed by atoms with Gasteiger partial charge < -0.3 is 4.42 Å². The number of carbonyl (C=O) groups is 1. The minimum Gasteiger partial charge on any atom is -0.467 e. The molecule has 9 heteroatoms. The van der Waals surface area contributed by atoms with Crippen molar-refractivity contribution in [3.8, 4) is 0 Å². The van der Waals surface area contributed by atoms with Gasteiger partial charge in [0.15, 0.2) is 5.13 Å². The molecule has 7 nitrogen and oxygen atoms in total. The third-order valence-electron chi connectivity index (χ3n) is 5.18. The van der Waals surface area contributed by atoms with Gasteiger partial charge in [-0.25, -0.2) is 17.7 Å². The van der Waals surface area contributed by atoms with Gasteiger partial charge in [-0.2, -0.15) is 0 Å². The first-order valence-corrected chi connectivity index (χ1v) is 12.2. The quantitative estimate of drug-likeness (QED) is 0.412. The molecule has 2 heterocycles. The highest BCUT2D eigenvalue weighted by Crippen LogP contribution is 2.34. The van der Waals surface area contributed by atoms with Crippen LogP contribution in [0.3, 0.4) is 0 Å². The van der Waals surface area contributed by atoms with Crippen molar-refractivity contribution in [3.63, 3.8) is 0 Å². The highest BCUT2D eigenvalue weighted by atomic mass is 32.2. The topological polar surface area (TPSA) is 83.7 Å². The molecule has 0 N–H and O–H groups in total. The summed E-state index contributed by atoms with van der Waals surface area (Å²) < 4.78 is 32.4. The number of fused-ring (bicyclic) bond motifs is 1. The smallest absolute Gasteiger partial charge is 0.260 e. The molecule has 1 amide bonds. The zero-order valence-electron chi connectivity index (χ0n) is 18.2. The predicted octanol–water partition coefficient (Wildman–Crippen LogP) is 4.60. The first-order valence-electron chi connectivity index (χ1n) is 9.92. The van der Waals surface area contributed by atoms with E-state index in [0.29, 0.717) is 16.5 Å². The second-order valence-electron chi connectivity index (χ2n) is 7.66. The molecule has 0 atom stereocenters. The number of amides is 1. The summed E-state index contributed by atoms with van der Waals surface area (Å²) in [5, 5.41) is 0.559. The van der Waals surface area contributed by atoms with Gasteiger partial charge in [-0.05, 0) is 61.4 Å². The number of carbonyl (C=O) groups excluding carboxylic acids is 1. The molecule has 4 rings (SSSR count). The molecule has 0 spiro atoms. The third-order valence-corrected chi connectivity index (χ3v) is 8.22. The van der Waals surface area contributed by atoms with Crippen molar-refractivity contribution in [1.82, 2.24) is 9.29 Å². The summed E-state index contributed by atoms with van der Waals surface area (Å²) in [5.74, 6) is 0.336. The molecule has 0 saturated heterocycles. The average molecular weight is 470 g/mol. The maximum absolute atomic E-state index is 13.5. The molecular formula is C23H23N3O4S2. The summed E-state index contributed by atoms with van der Waals surface area (Å²) in [4.78, 5) is 20.0. The van der Waals surface area contributed by atoms with Gasteiger partial charge >= 0.3 is 0 Å². The maximum atomic E-state index is 13.5. The minimum atomic E-state index is -3.58. The summed E-state index contributed by atoms with van der Waals surface area (Å²) in [7, 11) is -0.639. The number of aromatic nitrogens is 1. The molecule has 0 aliphatic rings. The lowest BCUT2D eigenvalue weighted by Gasteiger charge is -2.19. The number of anilines is 1. The Kier molecular flexibility index (Phi) is 5.89. The van der Waals surface area contributed by atoms with Gasteiger partial charge in [0.25, 0.3) is 5.91 Å². The highest BCUT2D eigenvalue weighted by Gasteiger charge is 2.25. The monoisotopic (exact) mass is 469 g/mol. The maximum Gasteiger partial charge on any atom is 0.260 e. The number of thiazole rings is 1. The van der Waals surface area contributed by atoms with Crippen LogP contribution in [0.25, 0.3) is 10.2 Å². The largest absolute Gasteiger partial charge is 0.467 e. The summed E-state index contributed by atoms with van der Waals surface area (Å²) in [6, 6.07) is 13.6. The van der Waals surface area contributed by atoms with Gasteiger partial charge in [-0.15, -0.1) is 0 Å². The van der Waals surface area contributed by atoms with E-state index >= 15 is 0 Å². The number of sulfonamides is 1. The van der Waals surface area contributed by atoms with E-state index in [4.69, 9.17) is 9.40 Å². The van der Waals surface area contributed by atoms with E-state index in [9.17, 15) is 13.2 Å². The van der Waals surface area contributed by atoms with Gasteiger partial charge in [-0.3, -0.25) is 9.69 Å². The zero-order valence-corrected chi connectivity index (χ0v) is 19.8. The van der Waals surface area contributed by atoms with Crippen LogP contribution < -0.4 is 4.90 Å². The summed E-state index contributed by atoms with van der Waals surface area (Å²) >= 11 is 1.45. The fourth-order valence-corrected chi connectivity index (χ4v) is 5.30. The van der Waals surface area contributed by atoms with E-state index in [0.717, 1.165) is 25.6 Å². The van der Waals surface area contributed by atoms with E-state index in [1.165, 1.54) is 49.7 Å². The summed E-state index contributed by atoms with van der Waals surface area (Å²) in [5.41, 5.74) is 3.37. The lowest BCUT2D eigenvalue weighted by molar-refractivity contribution is 0.0983. The van der Waals surface area contributed by atoms with Crippen LogP contribution in [-0.2, 0) is 16.6 Å². The van der Waals surface area contributed by atoms with Crippen LogP contribution in [0.15, 0.2) is 64.1 Å². The number of nitrogens with zero attached hydrogens (tertiary/aromatic N) is 3. The van der Waals surface area contributed by atoms with Gasteiger partial charge in [0, 0.05) is 19.7 Å². The Morgan fingerprint density at radius 1 is 1.03 bits per heavy atom. The van der Waals surface area contributed by atoms with E-state index in [2.05, 4.69) is 0 Å². The van der Waals surface area contributed by atoms with E-state index in [1.807, 2.05) is 26.0 Å². The molecule has 0 unspecified atom stereocenters. The van der Waals surface area contributed by atoms with Crippen LogP contribution in [0.5, 0.6) is 0 Å². The van der Waals surface area contributed by atoms with Crippen molar-refractivity contribution in [2.24, 2.45) is 0 Å². The second-order valence-corrected chi connectivity index (χ2v) is 10.8. The molecule has 4 aromatic rings. The van der Waals surface area contributed by atoms with E-state index in [1.54, 1.807) is 23.3 Å². The van der Waals surface area contributed by atoms with E-state index in [-0.39, 0.29) is 17.3 Å². The fraction of sp³-hybridized carbons (Fsp3) is 0.217. The molecule has 0 radical (unpaired) electrons. The van der Waals surface area contributed by atoms with Crippen LogP contribution in [-0.4, -0.2) is 37.7 Å².